The Hall–Kier alpha value is -2.79. The number of carbonyl (C=O) groups excluding carboxylic acids is 1. The van der Waals surface area contributed by atoms with Gasteiger partial charge < -0.3 is 9.47 Å². The van der Waals surface area contributed by atoms with Crippen LogP contribution < -0.4 is 15.0 Å². The molecule has 5 heteroatoms. The van der Waals surface area contributed by atoms with Gasteiger partial charge in [-0.25, -0.2) is 5.48 Å². The van der Waals surface area contributed by atoms with E-state index in [1.54, 1.807) is 13.2 Å². The summed E-state index contributed by atoms with van der Waals surface area (Å²) in [6.45, 7) is 5.10. The molecule has 0 radical (unpaired) electrons. The number of carbonyl (C=O) groups is 1. The van der Waals surface area contributed by atoms with Crippen molar-refractivity contribution >= 4 is 12.0 Å². The van der Waals surface area contributed by atoms with E-state index in [9.17, 15) is 4.79 Å². The molecule has 2 aromatic carbocycles. The van der Waals surface area contributed by atoms with Crippen LogP contribution in [-0.4, -0.2) is 19.6 Å². The van der Waals surface area contributed by atoms with Crippen molar-refractivity contribution in [1.82, 2.24) is 5.48 Å². The molecule has 0 aromatic heterocycles. The molecule has 0 fully saturated rings. The van der Waals surface area contributed by atoms with Crippen LogP contribution in [0.25, 0.3) is 6.08 Å². The van der Waals surface area contributed by atoms with Gasteiger partial charge in [-0.3, -0.25) is 9.63 Å². The summed E-state index contributed by atoms with van der Waals surface area (Å²) < 4.78 is 11.1. The highest BCUT2D eigenvalue weighted by Gasteiger charge is 2.06. The van der Waals surface area contributed by atoms with Gasteiger partial charge >= 0.3 is 0 Å². The molecule has 0 atom stereocenters. The van der Waals surface area contributed by atoms with Gasteiger partial charge in [0.05, 0.1) is 20.3 Å². The number of ether oxygens (including phenoxy) is 2. The summed E-state index contributed by atoms with van der Waals surface area (Å²) in [4.78, 5) is 17.0. The number of nitrogens with one attached hydrogen (secondary N) is 1. The van der Waals surface area contributed by atoms with Crippen LogP contribution in [0.3, 0.4) is 0 Å². The smallest absolute Gasteiger partial charge is 0.267 e. The molecule has 2 aromatic rings. The summed E-state index contributed by atoms with van der Waals surface area (Å²) in [7, 11) is 1.59. The van der Waals surface area contributed by atoms with E-state index in [4.69, 9.17) is 14.3 Å². The predicted octanol–water partition coefficient (Wildman–Crippen LogP) is 3.99. The van der Waals surface area contributed by atoms with Gasteiger partial charge in [-0.2, -0.15) is 0 Å². The number of hydrogen-bond acceptors (Lipinski definition) is 4. The second-order valence-electron chi connectivity index (χ2n) is 6.19. The normalized spacial score (nSPS) is 10.9. The molecule has 0 aliphatic heterocycles. The van der Waals surface area contributed by atoms with Crippen molar-refractivity contribution in [2.45, 2.75) is 20.5 Å². The summed E-state index contributed by atoms with van der Waals surface area (Å²) in [6.07, 6.45) is 3.10. The fourth-order valence-corrected chi connectivity index (χ4v) is 2.13. The molecule has 1 N–H and O–H groups in total. The quantitative estimate of drug-likeness (QED) is 0.546. The molecule has 0 heterocycles. The molecule has 1 amide bonds. The zero-order valence-corrected chi connectivity index (χ0v) is 15.4. The molecule has 0 saturated carbocycles. The average Bonchev–Trinajstić information content (AvgIpc) is 2.65. The van der Waals surface area contributed by atoms with Gasteiger partial charge in [-0.05, 0) is 35.3 Å². The van der Waals surface area contributed by atoms with Gasteiger partial charge in [0.1, 0.15) is 0 Å². The maximum Gasteiger partial charge on any atom is 0.267 e. The Morgan fingerprint density at radius 3 is 2.58 bits per heavy atom. The zero-order chi connectivity index (χ0) is 18.8. The maximum atomic E-state index is 11.8. The Balaban J connectivity index is 1.87. The average molecular weight is 355 g/mol. The highest BCUT2D eigenvalue weighted by atomic mass is 16.6. The Kier molecular flexibility index (Phi) is 7.71. The highest BCUT2D eigenvalue weighted by Crippen LogP contribution is 2.28. The van der Waals surface area contributed by atoms with E-state index < -0.39 is 0 Å². The molecule has 0 unspecified atom stereocenters. The van der Waals surface area contributed by atoms with Crippen LogP contribution in [0.4, 0.5) is 0 Å². The molecule has 26 heavy (non-hydrogen) atoms. The summed E-state index contributed by atoms with van der Waals surface area (Å²) in [5.41, 5.74) is 4.21. The van der Waals surface area contributed by atoms with Gasteiger partial charge in [0.25, 0.3) is 5.91 Å². The van der Waals surface area contributed by atoms with Crippen LogP contribution in [0.1, 0.15) is 25.0 Å². The van der Waals surface area contributed by atoms with Crippen molar-refractivity contribution < 1.29 is 19.1 Å². The maximum absolute atomic E-state index is 11.8. The second kappa shape index (κ2) is 10.3. The van der Waals surface area contributed by atoms with Gasteiger partial charge in [0, 0.05) is 6.08 Å². The van der Waals surface area contributed by atoms with Crippen molar-refractivity contribution in [3.8, 4) is 11.5 Å². The van der Waals surface area contributed by atoms with Crippen molar-refractivity contribution in [3.63, 3.8) is 0 Å². The minimum atomic E-state index is -0.333. The summed E-state index contributed by atoms with van der Waals surface area (Å²) >= 11 is 0. The lowest BCUT2D eigenvalue weighted by Gasteiger charge is -2.12. The van der Waals surface area contributed by atoms with Gasteiger partial charge in [0.2, 0.25) is 0 Å². The van der Waals surface area contributed by atoms with Crippen LogP contribution >= 0.6 is 0 Å². The first kappa shape index (κ1) is 19.5. The molecular formula is C21H25NO4. The van der Waals surface area contributed by atoms with Crippen LogP contribution in [0.5, 0.6) is 11.5 Å². The first-order chi connectivity index (χ1) is 12.6. The standard InChI is InChI=1S/C21H25NO4/c1-16(2)14-25-19-11-9-17(13-20(19)24-3)10-12-21(23)22-26-15-18-7-5-4-6-8-18/h4-13,16H,14-15H2,1-3H3,(H,22,23)/b12-10+. The van der Waals surface area contributed by atoms with Crippen molar-refractivity contribution in [1.29, 1.82) is 0 Å². The number of rotatable bonds is 9. The Morgan fingerprint density at radius 1 is 1.12 bits per heavy atom. The van der Waals surface area contributed by atoms with Crippen LogP contribution in [-0.2, 0) is 16.2 Å². The molecule has 2 rings (SSSR count). The van der Waals surface area contributed by atoms with Crippen molar-refractivity contribution in [2.75, 3.05) is 13.7 Å². The number of benzene rings is 2. The van der Waals surface area contributed by atoms with E-state index in [2.05, 4.69) is 19.3 Å². The topological polar surface area (TPSA) is 56.8 Å². The lowest BCUT2D eigenvalue weighted by molar-refractivity contribution is -0.129. The van der Waals surface area contributed by atoms with Gasteiger partial charge in [0.15, 0.2) is 11.5 Å². The minimum Gasteiger partial charge on any atom is -0.493 e. The molecule has 0 spiro atoms. The molecule has 138 valence electrons. The summed E-state index contributed by atoms with van der Waals surface area (Å²) in [6, 6.07) is 15.2. The zero-order valence-electron chi connectivity index (χ0n) is 15.4. The minimum absolute atomic E-state index is 0.316. The SMILES string of the molecule is COc1cc(/C=C/C(=O)NOCc2ccccc2)ccc1OCC(C)C. The summed E-state index contributed by atoms with van der Waals surface area (Å²) in [5.74, 6) is 1.42. The Morgan fingerprint density at radius 2 is 1.88 bits per heavy atom. The molecule has 0 saturated heterocycles. The first-order valence-corrected chi connectivity index (χ1v) is 8.53. The number of hydroxylamine groups is 1. The molecule has 0 aliphatic rings. The third-order valence-electron chi connectivity index (χ3n) is 3.44. The lowest BCUT2D eigenvalue weighted by Crippen LogP contribution is -2.21. The number of amides is 1. The molecule has 0 bridgehead atoms. The first-order valence-electron chi connectivity index (χ1n) is 8.53. The van der Waals surface area contributed by atoms with E-state index in [1.807, 2.05) is 48.5 Å². The van der Waals surface area contributed by atoms with Crippen LogP contribution in [0.2, 0.25) is 0 Å². The number of methoxy groups -OCH3 is 1. The molecule has 5 nitrogen and oxygen atoms in total. The third-order valence-corrected chi connectivity index (χ3v) is 3.44. The van der Waals surface area contributed by atoms with Gasteiger partial charge in [-0.1, -0.05) is 50.2 Å². The fraction of sp³-hybridized carbons (Fsp3) is 0.286. The van der Waals surface area contributed by atoms with E-state index in [0.29, 0.717) is 30.6 Å². The van der Waals surface area contributed by atoms with Gasteiger partial charge in [-0.15, -0.1) is 0 Å². The second-order valence-corrected chi connectivity index (χ2v) is 6.19. The molecule has 0 aliphatic carbocycles. The van der Waals surface area contributed by atoms with Crippen LogP contribution in [0, 0.1) is 5.92 Å². The fourth-order valence-electron chi connectivity index (χ4n) is 2.13. The summed E-state index contributed by atoms with van der Waals surface area (Å²) in [5, 5.41) is 0. The highest BCUT2D eigenvalue weighted by molar-refractivity contribution is 5.91. The van der Waals surface area contributed by atoms with E-state index in [1.165, 1.54) is 6.08 Å². The van der Waals surface area contributed by atoms with Crippen LogP contribution in [0.15, 0.2) is 54.6 Å². The Labute approximate surface area is 154 Å². The van der Waals surface area contributed by atoms with Crippen molar-refractivity contribution in [2.24, 2.45) is 5.92 Å². The molecular weight excluding hydrogens is 330 g/mol. The third kappa shape index (κ3) is 6.61. The van der Waals surface area contributed by atoms with E-state index in [-0.39, 0.29) is 5.91 Å². The lowest BCUT2D eigenvalue weighted by atomic mass is 10.2. The Bertz CT molecular complexity index is 726. The largest absolute Gasteiger partial charge is 0.493 e. The number of hydrogen-bond donors (Lipinski definition) is 1. The van der Waals surface area contributed by atoms with E-state index >= 15 is 0 Å². The van der Waals surface area contributed by atoms with Crippen molar-refractivity contribution in [3.05, 3.63) is 65.7 Å². The van der Waals surface area contributed by atoms with E-state index in [0.717, 1.165) is 11.1 Å². The monoisotopic (exact) mass is 355 g/mol. The predicted molar refractivity (Wildman–Crippen MR) is 102 cm³/mol.